The summed E-state index contributed by atoms with van der Waals surface area (Å²) in [5, 5.41) is 12.9. The van der Waals surface area contributed by atoms with Gasteiger partial charge in [-0.1, -0.05) is 6.07 Å². The van der Waals surface area contributed by atoms with Gasteiger partial charge in [-0.3, -0.25) is 0 Å². The molecule has 0 atom stereocenters. The molecule has 0 saturated carbocycles. The van der Waals surface area contributed by atoms with Crippen LogP contribution in [0.5, 0.6) is 0 Å². The van der Waals surface area contributed by atoms with Crippen LogP contribution in [-0.2, 0) is 0 Å². The molecular weight excluding hydrogens is 302 g/mol. The van der Waals surface area contributed by atoms with Crippen molar-refractivity contribution in [2.24, 2.45) is 0 Å². The van der Waals surface area contributed by atoms with Gasteiger partial charge in [-0.15, -0.1) is 0 Å². The van der Waals surface area contributed by atoms with Crippen LogP contribution in [0.2, 0.25) is 0 Å². The summed E-state index contributed by atoms with van der Waals surface area (Å²) in [6.45, 7) is 3.79. The first kappa shape index (κ1) is 15.0. The number of aromatic amines is 1. The molecule has 6 nitrogen and oxygen atoms in total. The molecule has 2 aromatic heterocycles. The van der Waals surface area contributed by atoms with Gasteiger partial charge in [-0.05, 0) is 49.6 Å². The molecule has 1 saturated heterocycles. The number of rotatable bonds is 3. The Kier molecular flexibility index (Phi) is 3.82. The first-order valence-corrected chi connectivity index (χ1v) is 8.30. The summed E-state index contributed by atoms with van der Waals surface area (Å²) in [5.74, 6) is 1.50. The molecule has 6 heteroatoms. The van der Waals surface area contributed by atoms with E-state index in [4.69, 9.17) is 0 Å². The van der Waals surface area contributed by atoms with E-state index in [0.717, 1.165) is 48.3 Å². The van der Waals surface area contributed by atoms with Gasteiger partial charge in [0.15, 0.2) is 0 Å². The SMILES string of the molecule is Cc1cccnc1Nc1nc2ccc(N3CCC(O)CC3)cc2[nH]1. The molecule has 3 aromatic rings. The Morgan fingerprint density at radius 2 is 2.08 bits per heavy atom. The standard InChI is InChI=1S/C18H21N5O/c1-12-3-2-8-19-17(12)22-18-20-15-5-4-13(11-16(15)21-18)23-9-6-14(24)7-10-23/h2-5,8,11,14,24H,6-7,9-10H2,1H3,(H2,19,20,21,22). The molecule has 4 rings (SSSR count). The molecule has 3 heterocycles. The lowest BCUT2D eigenvalue weighted by atomic mass is 10.1. The lowest BCUT2D eigenvalue weighted by Gasteiger charge is -2.31. The number of aryl methyl sites for hydroxylation is 1. The van der Waals surface area contributed by atoms with Crippen LogP contribution < -0.4 is 10.2 Å². The van der Waals surface area contributed by atoms with Gasteiger partial charge in [-0.25, -0.2) is 9.97 Å². The van der Waals surface area contributed by atoms with Crippen molar-refractivity contribution >= 4 is 28.5 Å². The van der Waals surface area contributed by atoms with Crippen LogP contribution in [-0.4, -0.2) is 39.3 Å². The highest BCUT2D eigenvalue weighted by Gasteiger charge is 2.17. The van der Waals surface area contributed by atoms with Gasteiger partial charge >= 0.3 is 0 Å². The molecule has 3 N–H and O–H groups in total. The summed E-state index contributed by atoms with van der Waals surface area (Å²) in [6.07, 6.45) is 3.26. The predicted molar refractivity (Wildman–Crippen MR) is 95.8 cm³/mol. The second-order valence-electron chi connectivity index (χ2n) is 6.30. The molecule has 1 aromatic carbocycles. The monoisotopic (exact) mass is 323 g/mol. The van der Waals surface area contributed by atoms with Crippen LogP contribution in [0.1, 0.15) is 18.4 Å². The summed E-state index contributed by atoms with van der Waals surface area (Å²) in [6, 6.07) is 10.2. The fraction of sp³-hybridized carbons (Fsp3) is 0.333. The van der Waals surface area contributed by atoms with Crippen molar-refractivity contribution in [3.63, 3.8) is 0 Å². The van der Waals surface area contributed by atoms with Crippen molar-refractivity contribution in [2.75, 3.05) is 23.3 Å². The Balaban J connectivity index is 1.58. The van der Waals surface area contributed by atoms with Gasteiger partial charge in [0.2, 0.25) is 5.95 Å². The third-order valence-corrected chi connectivity index (χ3v) is 4.54. The molecule has 124 valence electrons. The van der Waals surface area contributed by atoms with Crippen molar-refractivity contribution < 1.29 is 5.11 Å². The summed E-state index contributed by atoms with van der Waals surface area (Å²) in [7, 11) is 0. The van der Waals surface area contributed by atoms with Gasteiger partial charge < -0.3 is 20.3 Å². The highest BCUT2D eigenvalue weighted by Crippen LogP contribution is 2.25. The van der Waals surface area contributed by atoms with E-state index in [1.54, 1.807) is 6.20 Å². The predicted octanol–water partition coefficient (Wildman–Crippen LogP) is 2.97. The zero-order valence-electron chi connectivity index (χ0n) is 13.7. The third-order valence-electron chi connectivity index (χ3n) is 4.54. The summed E-state index contributed by atoms with van der Waals surface area (Å²) in [4.78, 5) is 14.6. The highest BCUT2D eigenvalue weighted by atomic mass is 16.3. The average Bonchev–Trinajstić information content (AvgIpc) is 2.99. The quantitative estimate of drug-likeness (QED) is 0.691. The lowest BCUT2D eigenvalue weighted by Crippen LogP contribution is -2.35. The number of benzene rings is 1. The number of piperidine rings is 1. The van der Waals surface area contributed by atoms with E-state index in [1.165, 1.54) is 5.69 Å². The van der Waals surface area contributed by atoms with Gasteiger partial charge in [-0.2, -0.15) is 0 Å². The van der Waals surface area contributed by atoms with E-state index in [1.807, 2.05) is 25.1 Å². The zero-order chi connectivity index (χ0) is 16.5. The maximum absolute atomic E-state index is 9.65. The minimum Gasteiger partial charge on any atom is -0.393 e. The van der Waals surface area contributed by atoms with Crippen LogP contribution >= 0.6 is 0 Å². The number of imidazole rings is 1. The summed E-state index contributed by atoms with van der Waals surface area (Å²) >= 11 is 0. The Morgan fingerprint density at radius 3 is 2.88 bits per heavy atom. The second kappa shape index (κ2) is 6.13. The zero-order valence-corrected chi connectivity index (χ0v) is 13.7. The second-order valence-corrected chi connectivity index (χ2v) is 6.30. The van der Waals surface area contributed by atoms with Crippen LogP contribution in [0, 0.1) is 6.92 Å². The number of aromatic nitrogens is 3. The summed E-state index contributed by atoms with van der Waals surface area (Å²) in [5.41, 5.74) is 4.16. The molecule has 1 fully saturated rings. The molecule has 0 amide bonds. The number of nitrogens with one attached hydrogen (secondary N) is 2. The van der Waals surface area contributed by atoms with Crippen LogP contribution in [0.3, 0.4) is 0 Å². The fourth-order valence-electron chi connectivity index (χ4n) is 3.11. The fourth-order valence-corrected chi connectivity index (χ4v) is 3.11. The Hall–Kier alpha value is -2.60. The van der Waals surface area contributed by atoms with Crippen molar-refractivity contribution in [3.8, 4) is 0 Å². The molecular formula is C18H21N5O. The van der Waals surface area contributed by atoms with Gasteiger partial charge in [0.25, 0.3) is 0 Å². The molecule has 0 aliphatic carbocycles. The van der Waals surface area contributed by atoms with E-state index in [2.05, 4.69) is 37.3 Å². The number of nitrogens with zero attached hydrogens (tertiary/aromatic N) is 3. The summed E-state index contributed by atoms with van der Waals surface area (Å²) < 4.78 is 0. The number of fused-ring (bicyclic) bond motifs is 1. The topological polar surface area (TPSA) is 77.1 Å². The van der Waals surface area contributed by atoms with Crippen LogP contribution in [0.4, 0.5) is 17.5 Å². The van der Waals surface area contributed by atoms with E-state index < -0.39 is 0 Å². The number of H-pyrrole nitrogens is 1. The molecule has 0 radical (unpaired) electrons. The van der Waals surface area contributed by atoms with E-state index >= 15 is 0 Å². The third kappa shape index (κ3) is 2.92. The first-order valence-electron chi connectivity index (χ1n) is 8.30. The molecule has 24 heavy (non-hydrogen) atoms. The Bertz CT molecular complexity index is 851. The number of hydrogen-bond donors (Lipinski definition) is 3. The van der Waals surface area contributed by atoms with Crippen molar-refractivity contribution in [3.05, 3.63) is 42.1 Å². The molecule has 0 unspecified atom stereocenters. The Morgan fingerprint density at radius 1 is 1.25 bits per heavy atom. The highest BCUT2D eigenvalue weighted by molar-refractivity contribution is 5.82. The van der Waals surface area contributed by atoms with Crippen LogP contribution in [0.15, 0.2) is 36.5 Å². The minimum absolute atomic E-state index is 0.158. The average molecular weight is 323 g/mol. The number of pyridine rings is 1. The largest absolute Gasteiger partial charge is 0.393 e. The normalized spacial score (nSPS) is 15.8. The van der Waals surface area contributed by atoms with Crippen molar-refractivity contribution in [1.29, 1.82) is 0 Å². The van der Waals surface area contributed by atoms with E-state index in [9.17, 15) is 5.11 Å². The number of hydrogen-bond acceptors (Lipinski definition) is 5. The maximum Gasteiger partial charge on any atom is 0.206 e. The van der Waals surface area contributed by atoms with Gasteiger partial charge in [0, 0.05) is 25.0 Å². The molecule has 1 aliphatic rings. The maximum atomic E-state index is 9.65. The number of anilines is 3. The molecule has 1 aliphatic heterocycles. The molecule has 0 bridgehead atoms. The number of aliphatic hydroxyl groups is 1. The first-order chi connectivity index (χ1) is 11.7. The van der Waals surface area contributed by atoms with E-state index in [-0.39, 0.29) is 6.10 Å². The van der Waals surface area contributed by atoms with Crippen molar-refractivity contribution in [1.82, 2.24) is 15.0 Å². The van der Waals surface area contributed by atoms with Crippen molar-refractivity contribution in [2.45, 2.75) is 25.9 Å². The lowest BCUT2D eigenvalue weighted by molar-refractivity contribution is 0.145. The molecule has 0 spiro atoms. The van der Waals surface area contributed by atoms with E-state index in [0.29, 0.717) is 5.95 Å². The number of aliphatic hydroxyl groups excluding tert-OH is 1. The van der Waals surface area contributed by atoms with Crippen LogP contribution in [0.25, 0.3) is 11.0 Å². The Labute approximate surface area is 140 Å². The smallest absolute Gasteiger partial charge is 0.206 e. The van der Waals surface area contributed by atoms with Gasteiger partial charge in [0.1, 0.15) is 5.82 Å². The van der Waals surface area contributed by atoms with Gasteiger partial charge in [0.05, 0.1) is 17.1 Å². The minimum atomic E-state index is -0.158.